The van der Waals surface area contributed by atoms with Gasteiger partial charge < -0.3 is 5.11 Å². The Morgan fingerprint density at radius 2 is 2.05 bits per heavy atom. The summed E-state index contributed by atoms with van der Waals surface area (Å²) < 4.78 is 52.2. The van der Waals surface area contributed by atoms with Gasteiger partial charge in [-0.25, -0.2) is 13.6 Å². The fourth-order valence-corrected chi connectivity index (χ4v) is 2.94. The maximum atomic E-state index is 13.5. The van der Waals surface area contributed by atoms with Crippen molar-refractivity contribution in [2.24, 2.45) is 0 Å². The lowest BCUT2D eigenvalue weighted by atomic mass is 10.3. The first-order valence-electron chi connectivity index (χ1n) is 5.16. The summed E-state index contributed by atoms with van der Waals surface area (Å²) in [5, 5.41) is 12.8. The van der Waals surface area contributed by atoms with Gasteiger partial charge in [0.05, 0.1) is 11.2 Å². The van der Waals surface area contributed by atoms with E-state index in [2.05, 4.69) is 5.10 Å². The first kappa shape index (κ1) is 15.2. The van der Waals surface area contributed by atoms with Crippen LogP contribution in [0.2, 0.25) is 5.02 Å². The maximum Gasteiger partial charge on any atom is 0.340 e. The Balaban J connectivity index is 2.48. The number of rotatable bonds is 4. The highest BCUT2D eigenvalue weighted by molar-refractivity contribution is 7.92. The number of aromatic carboxylic acids is 1. The van der Waals surface area contributed by atoms with Gasteiger partial charge in [-0.2, -0.15) is 13.5 Å². The molecule has 112 valence electrons. The summed E-state index contributed by atoms with van der Waals surface area (Å²) in [6.45, 7) is 0. The van der Waals surface area contributed by atoms with Gasteiger partial charge >= 0.3 is 5.97 Å². The zero-order valence-electron chi connectivity index (χ0n) is 9.89. The van der Waals surface area contributed by atoms with Crippen molar-refractivity contribution in [2.75, 3.05) is 4.72 Å². The molecule has 0 aliphatic heterocycles. The largest absolute Gasteiger partial charge is 0.478 e. The number of aromatic amines is 1. The highest BCUT2D eigenvalue weighted by Crippen LogP contribution is 2.28. The average molecular weight is 338 g/mol. The van der Waals surface area contributed by atoms with Crippen LogP contribution in [0.4, 0.5) is 14.5 Å². The van der Waals surface area contributed by atoms with Gasteiger partial charge in [0.1, 0.15) is 17.1 Å². The number of aromatic nitrogens is 2. The average Bonchev–Trinajstić information content (AvgIpc) is 2.83. The van der Waals surface area contributed by atoms with E-state index >= 15 is 0 Å². The van der Waals surface area contributed by atoms with Crippen molar-refractivity contribution in [3.63, 3.8) is 0 Å². The number of carboxylic acid groups (broad SMARTS) is 1. The van der Waals surface area contributed by atoms with Crippen molar-refractivity contribution in [3.8, 4) is 0 Å². The van der Waals surface area contributed by atoms with E-state index < -0.39 is 48.9 Å². The van der Waals surface area contributed by atoms with Crippen LogP contribution in [0.1, 0.15) is 10.4 Å². The van der Waals surface area contributed by atoms with Crippen LogP contribution in [0, 0.1) is 11.6 Å². The summed E-state index contributed by atoms with van der Waals surface area (Å²) >= 11 is 5.56. The Hall–Kier alpha value is -2.20. The quantitative estimate of drug-likeness (QED) is 0.788. The van der Waals surface area contributed by atoms with Crippen LogP contribution in [-0.4, -0.2) is 29.7 Å². The topological polar surface area (TPSA) is 112 Å². The molecule has 1 aromatic heterocycles. The summed E-state index contributed by atoms with van der Waals surface area (Å²) in [7, 11) is -4.50. The first-order chi connectivity index (χ1) is 9.72. The second-order valence-electron chi connectivity index (χ2n) is 3.77. The van der Waals surface area contributed by atoms with Crippen molar-refractivity contribution in [3.05, 3.63) is 40.6 Å². The molecule has 0 unspecified atom stereocenters. The van der Waals surface area contributed by atoms with Crippen molar-refractivity contribution < 1.29 is 27.1 Å². The van der Waals surface area contributed by atoms with Crippen LogP contribution in [0.25, 0.3) is 0 Å². The molecule has 11 heteroatoms. The molecule has 0 amide bonds. The molecule has 7 nitrogen and oxygen atoms in total. The normalized spacial score (nSPS) is 11.4. The Bertz CT molecular complexity index is 798. The predicted octanol–water partition coefficient (Wildman–Crippen LogP) is 1.84. The van der Waals surface area contributed by atoms with Gasteiger partial charge in [-0.3, -0.25) is 9.82 Å². The Morgan fingerprint density at radius 1 is 1.38 bits per heavy atom. The van der Waals surface area contributed by atoms with Crippen LogP contribution < -0.4 is 4.72 Å². The molecule has 0 aliphatic rings. The van der Waals surface area contributed by atoms with Gasteiger partial charge in [-0.05, 0) is 6.07 Å². The van der Waals surface area contributed by atoms with E-state index in [9.17, 15) is 22.0 Å². The summed E-state index contributed by atoms with van der Waals surface area (Å²) in [5.41, 5.74) is -1.34. The zero-order valence-corrected chi connectivity index (χ0v) is 11.5. The van der Waals surface area contributed by atoms with E-state index in [0.717, 1.165) is 6.20 Å². The third-order valence-corrected chi connectivity index (χ3v) is 3.97. The number of hydrogen-bond acceptors (Lipinski definition) is 4. The van der Waals surface area contributed by atoms with E-state index in [1.807, 2.05) is 5.10 Å². The van der Waals surface area contributed by atoms with Crippen molar-refractivity contribution in [1.82, 2.24) is 10.2 Å². The molecule has 0 saturated heterocycles. The van der Waals surface area contributed by atoms with Crippen LogP contribution >= 0.6 is 11.6 Å². The molecule has 2 aromatic rings. The number of nitrogens with zero attached hydrogens (tertiary/aromatic N) is 1. The van der Waals surface area contributed by atoms with Gasteiger partial charge in [0, 0.05) is 6.07 Å². The number of sulfonamides is 1. The molecule has 0 aliphatic carbocycles. The molecule has 0 atom stereocenters. The third-order valence-electron chi connectivity index (χ3n) is 2.35. The number of halogens is 3. The van der Waals surface area contributed by atoms with Crippen LogP contribution in [0.3, 0.4) is 0 Å². The third kappa shape index (κ3) is 2.95. The molecule has 0 saturated carbocycles. The van der Waals surface area contributed by atoms with E-state index in [0.29, 0.717) is 12.1 Å². The van der Waals surface area contributed by atoms with Gasteiger partial charge in [0.15, 0.2) is 10.8 Å². The summed E-state index contributed by atoms with van der Waals surface area (Å²) in [5.74, 6) is -3.79. The smallest absolute Gasteiger partial charge is 0.340 e. The monoisotopic (exact) mass is 337 g/mol. The standard InChI is InChI=1S/C10H6ClF2N3O4S/c11-6-1-4(12)2-7(13)8(6)16-21(19,20)9-5(10(17)18)3-14-15-9/h1-3,16H,(H,14,15)(H,17,18). The lowest BCUT2D eigenvalue weighted by molar-refractivity contribution is 0.0692. The summed E-state index contributed by atoms with van der Waals surface area (Å²) in [6, 6.07) is 1.13. The summed E-state index contributed by atoms with van der Waals surface area (Å²) in [6.07, 6.45) is 0.777. The molecule has 0 bridgehead atoms. The van der Waals surface area contributed by atoms with E-state index in [-0.39, 0.29) is 0 Å². The van der Waals surface area contributed by atoms with Crippen LogP contribution in [0.5, 0.6) is 0 Å². The fraction of sp³-hybridized carbons (Fsp3) is 0. The molecule has 0 spiro atoms. The van der Waals surface area contributed by atoms with Gasteiger partial charge in [-0.1, -0.05) is 11.6 Å². The first-order valence-corrected chi connectivity index (χ1v) is 7.02. The van der Waals surface area contributed by atoms with E-state index in [1.54, 1.807) is 4.72 Å². The number of carboxylic acids is 1. The Kier molecular flexibility index (Phi) is 3.83. The summed E-state index contributed by atoms with van der Waals surface area (Å²) in [4.78, 5) is 10.9. The lowest BCUT2D eigenvalue weighted by Crippen LogP contribution is -2.17. The Labute approximate surface area is 121 Å². The minimum absolute atomic E-state index is 0.425. The zero-order chi connectivity index (χ0) is 15.8. The molecule has 0 fully saturated rings. The second-order valence-corrected chi connectivity index (χ2v) is 5.79. The van der Waals surface area contributed by atoms with E-state index in [1.165, 1.54) is 0 Å². The van der Waals surface area contributed by atoms with Crippen LogP contribution in [0.15, 0.2) is 23.4 Å². The number of anilines is 1. The molecule has 0 radical (unpaired) electrons. The van der Waals surface area contributed by atoms with Gasteiger partial charge in [-0.15, -0.1) is 0 Å². The number of nitrogens with one attached hydrogen (secondary N) is 2. The minimum Gasteiger partial charge on any atom is -0.478 e. The van der Waals surface area contributed by atoms with Crippen molar-refractivity contribution in [2.45, 2.75) is 5.03 Å². The minimum atomic E-state index is -4.50. The molecule has 2 rings (SSSR count). The lowest BCUT2D eigenvalue weighted by Gasteiger charge is -2.10. The molecule has 1 heterocycles. The number of hydrogen-bond donors (Lipinski definition) is 3. The maximum absolute atomic E-state index is 13.5. The highest BCUT2D eigenvalue weighted by atomic mass is 35.5. The Morgan fingerprint density at radius 3 is 2.62 bits per heavy atom. The number of H-pyrrole nitrogens is 1. The van der Waals surface area contributed by atoms with Crippen molar-refractivity contribution in [1.29, 1.82) is 0 Å². The number of carbonyl (C=O) groups is 1. The fourth-order valence-electron chi connectivity index (χ4n) is 1.46. The van der Waals surface area contributed by atoms with Crippen LogP contribution in [-0.2, 0) is 10.0 Å². The van der Waals surface area contributed by atoms with Gasteiger partial charge in [0.2, 0.25) is 0 Å². The molecule has 21 heavy (non-hydrogen) atoms. The molecule has 1 aromatic carbocycles. The molecule has 3 N–H and O–H groups in total. The van der Waals surface area contributed by atoms with Gasteiger partial charge in [0.25, 0.3) is 10.0 Å². The van der Waals surface area contributed by atoms with Crippen molar-refractivity contribution >= 4 is 33.3 Å². The molecular weight excluding hydrogens is 332 g/mol. The molecular formula is C10H6ClF2N3O4S. The second kappa shape index (κ2) is 5.30. The van der Waals surface area contributed by atoms with E-state index in [4.69, 9.17) is 16.7 Å². The predicted molar refractivity (Wildman–Crippen MR) is 67.7 cm³/mol. The SMILES string of the molecule is O=C(O)c1cn[nH]c1S(=O)(=O)Nc1c(F)cc(F)cc1Cl. The number of benzene rings is 1. The highest BCUT2D eigenvalue weighted by Gasteiger charge is 2.26.